The molecule has 1 saturated heterocycles. The molecule has 15 heavy (non-hydrogen) atoms. The van der Waals surface area contributed by atoms with Gasteiger partial charge in [0.1, 0.15) is 0 Å². The lowest BCUT2D eigenvalue weighted by Gasteiger charge is -2.14. The van der Waals surface area contributed by atoms with E-state index in [0.717, 1.165) is 13.0 Å². The molecule has 0 aromatic carbocycles. The zero-order valence-corrected chi connectivity index (χ0v) is 8.60. The van der Waals surface area contributed by atoms with Crippen LogP contribution in [0.4, 0.5) is 5.82 Å². The summed E-state index contributed by atoms with van der Waals surface area (Å²) in [5, 5.41) is 5.91. The number of nitrogens with zero attached hydrogens (tertiary/aromatic N) is 2. The zero-order valence-electron chi connectivity index (χ0n) is 8.60. The summed E-state index contributed by atoms with van der Waals surface area (Å²) in [5.41, 5.74) is 0. The second kappa shape index (κ2) is 4.35. The molecule has 0 saturated carbocycles. The SMILES string of the molecule is CC1CCNC1C(=O)Nc1cnccn1. The van der Waals surface area contributed by atoms with Crippen molar-refractivity contribution >= 4 is 11.7 Å². The summed E-state index contributed by atoms with van der Waals surface area (Å²) < 4.78 is 0. The summed E-state index contributed by atoms with van der Waals surface area (Å²) in [6.07, 6.45) is 5.71. The van der Waals surface area contributed by atoms with E-state index in [1.54, 1.807) is 12.4 Å². The van der Waals surface area contributed by atoms with E-state index < -0.39 is 0 Å². The number of anilines is 1. The first-order valence-corrected chi connectivity index (χ1v) is 5.07. The van der Waals surface area contributed by atoms with Gasteiger partial charge in [-0.25, -0.2) is 4.98 Å². The van der Waals surface area contributed by atoms with Crippen molar-refractivity contribution in [3.8, 4) is 0 Å². The molecule has 0 radical (unpaired) electrons. The highest BCUT2D eigenvalue weighted by molar-refractivity contribution is 5.94. The first kappa shape index (κ1) is 10.0. The van der Waals surface area contributed by atoms with Gasteiger partial charge in [0.2, 0.25) is 5.91 Å². The maximum Gasteiger partial charge on any atom is 0.242 e. The number of amides is 1. The summed E-state index contributed by atoms with van der Waals surface area (Å²) in [6.45, 7) is 2.97. The van der Waals surface area contributed by atoms with E-state index in [-0.39, 0.29) is 11.9 Å². The number of rotatable bonds is 2. The lowest BCUT2D eigenvalue weighted by atomic mass is 10.0. The first-order chi connectivity index (χ1) is 7.27. The Bertz CT molecular complexity index is 341. The van der Waals surface area contributed by atoms with Crippen molar-refractivity contribution in [3.05, 3.63) is 18.6 Å². The molecule has 80 valence electrons. The molecule has 2 rings (SSSR count). The molecule has 1 amide bonds. The number of carbonyl (C=O) groups excluding carboxylic acids is 1. The van der Waals surface area contributed by atoms with Crippen LogP contribution in [0.5, 0.6) is 0 Å². The minimum Gasteiger partial charge on any atom is -0.308 e. The van der Waals surface area contributed by atoms with Crippen molar-refractivity contribution in [3.63, 3.8) is 0 Å². The van der Waals surface area contributed by atoms with Crippen LogP contribution < -0.4 is 10.6 Å². The lowest BCUT2D eigenvalue weighted by Crippen LogP contribution is -2.39. The first-order valence-electron chi connectivity index (χ1n) is 5.07. The van der Waals surface area contributed by atoms with Crippen LogP contribution in [0.15, 0.2) is 18.6 Å². The predicted octanol–water partition coefficient (Wildman–Crippen LogP) is 0.413. The van der Waals surface area contributed by atoms with Gasteiger partial charge in [-0.3, -0.25) is 9.78 Å². The molecule has 2 N–H and O–H groups in total. The Morgan fingerprint density at radius 3 is 3.07 bits per heavy atom. The van der Waals surface area contributed by atoms with Crippen LogP contribution in [0, 0.1) is 5.92 Å². The van der Waals surface area contributed by atoms with Crippen molar-refractivity contribution in [1.82, 2.24) is 15.3 Å². The van der Waals surface area contributed by atoms with E-state index in [4.69, 9.17) is 0 Å². The number of carbonyl (C=O) groups is 1. The molecule has 1 aliphatic rings. The van der Waals surface area contributed by atoms with E-state index in [9.17, 15) is 4.79 Å². The highest BCUT2D eigenvalue weighted by Gasteiger charge is 2.29. The fourth-order valence-electron chi connectivity index (χ4n) is 1.75. The van der Waals surface area contributed by atoms with E-state index in [0.29, 0.717) is 11.7 Å². The number of hydrogen-bond donors (Lipinski definition) is 2. The molecule has 0 bridgehead atoms. The molecule has 1 aromatic heterocycles. The van der Waals surface area contributed by atoms with Crippen molar-refractivity contribution in [2.45, 2.75) is 19.4 Å². The second-order valence-electron chi connectivity index (χ2n) is 3.78. The molecular weight excluding hydrogens is 192 g/mol. The second-order valence-corrected chi connectivity index (χ2v) is 3.78. The van der Waals surface area contributed by atoms with Crippen LogP contribution >= 0.6 is 0 Å². The molecule has 1 fully saturated rings. The average Bonchev–Trinajstić information content (AvgIpc) is 2.66. The fourth-order valence-corrected chi connectivity index (χ4v) is 1.75. The Morgan fingerprint density at radius 2 is 2.47 bits per heavy atom. The quantitative estimate of drug-likeness (QED) is 0.735. The number of nitrogens with one attached hydrogen (secondary N) is 2. The Morgan fingerprint density at radius 1 is 1.60 bits per heavy atom. The average molecular weight is 206 g/mol. The van der Waals surface area contributed by atoms with Gasteiger partial charge in [-0.05, 0) is 18.9 Å². The van der Waals surface area contributed by atoms with Crippen molar-refractivity contribution in [1.29, 1.82) is 0 Å². The van der Waals surface area contributed by atoms with E-state index in [1.165, 1.54) is 6.20 Å². The third kappa shape index (κ3) is 2.30. The summed E-state index contributed by atoms with van der Waals surface area (Å²) in [4.78, 5) is 19.7. The molecule has 0 aliphatic carbocycles. The third-order valence-corrected chi connectivity index (χ3v) is 2.63. The van der Waals surface area contributed by atoms with E-state index in [1.807, 2.05) is 0 Å². The van der Waals surface area contributed by atoms with Crippen LogP contribution in [0.25, 0.3) is 0 Å². The Hall–Kier alpha value is -1.49. The van der Waals surface area contributed by atoms with Crippen molar-refractivity contribution in [2.75, 3.05) is 11.9 Å². The predicted molar refractivity (Wildman–Crippen MR) is 56.2 cm³/mol. The van der Waals surface area contributed by atoms with Crippen LogP contribution in [0.3, 0.4) is 0 Å². The molecular formula is C10H14N4O. The number of hydrogen-bond acceptors (Lipinski definition) is 4. The van der Waals surface area contributed by atoms with Crippen LogP contribution in [0.2, 0.25) is 0 Å². The maximum atomic E-state index is 11.8. The zero-order chi connectivity index (χ0) is 10.7. The Balaban J connectivity index is 1.98. The van der Waals surface area contributed by atoms with Gasteiger partial charge in [-0.15, -0.1) is 0 Å². The van der Waals surface area contributed by atoms with Gasteiger partial charge in [0.15, 0.2) is 5.82 Å². The highest BCUT2D eigenvalue weighted by Crippen LogP contribution is 2.15. The topological polar surface area (TPSA) is 66.9 Å². The van der Waals surface area contributed by atoms with Crippen LogP contribution in [-0.4, -0.2) is 28.5 Å². The van der Waals surface area contributed by atoms with Crippen LogP contribution in [0.1, 0.15) is 13.3 Å². The minimum absolute atomic E-state index is 0.0273. The Labute approximate surface area is 88.3 Å². The van der Waals surface area contributed by atoms with Crippen molar-refractivity contribution in [2.24, 2.45) is 5.92 Å². The minimum atomic E-state index is -0.105. The molecule has 2 unspecified atom stereocenters. The molecule has 2 atom stereocenters. The third-order valence-electron chi connectivity index (χ3n) is 2.63. The van der Waals surface area contributed by atoms with Gasteiger partial charge in [0.05, 0.1) is 12.2 Å². The van der Waals surface area contributed by atoms with E-state index in [2.05, 4.69) is 27.5 Å². The fraction of sp³-hybridized carbons (Fsp3) is 0.500. The van der Waals surface area contributed by atoms with Gasteiger partial charge >= 0.3 is 0 Å². The summed E-state index contributed by atoms with van der Waals surface area (Å²) in [6, 6.07) is -0.105. The molecule has 1 aliphatic heterocycles. The maximum absolute atomic E-state index is 11.8. The standard InChI is InChI=1S/C10H14N4O/c1-7-2-3-13-9(7)10(15)14-8-6-11-4-5-12-8/h4-7,9,13H,2-3H2,1H3,(H,12,14,15). The van der Waals surface area contributed by atoms with Gasteiger partial charge < -0.3 is 10.6 Å². The summed E-state index contributed by atoms with van der Waals surface area (Å²) in [5.74, 6) is 0.852. The molecule has 0 spiro atoms. The van der Waals surface area contributed by atoms with E-state index >= 15 is 0 Å². The van der Waals surface area contributed by atoms with Gasteiger partial charge in [0.25, 0.3) is 0 Å². The van der Waals surface area contributed by atoms with Crippen LogP contribution in [-0.2, 0) is 4.79 Å². The lowest BCUT2D eigenvalue weighted by molar-refractivity contribution is -0.118. The summed E-state index contributed by atoms with van der Waals surface area (Å²) >= 11 is 0. The molecule has 2 heterocycles. The van der Waals surface area contributed by atoms with Crippen molar-refractivity contribution < 1.29 is 4.79 Å². The Kier molecular flexibility index (Phi) is 2.91. The van der Waals surface area contributed by atoms with Gasteiger partial charge in [-0.1, -0.05) is 6.92 Å². The van der Waals surface area contributed by atoms with Gasteiger partial charge in [0, 0.05) is 12.4 Å². The highest BCUT2D eigenvalue weighted by atomic mass is 16.2. The smallest absolute Gasteiger partial charge is 0.242 e. The van der Waals surface area contributed by atoms with Gasteiger partial charge in [-0.2, -0.15) is 0 Å². The normalized spacial score (nSPS) is 25.1. The largest absolute Gasteiger partial charge is 0.308 e. The monoisotopic (exact) mass is 206 g/mol. The molecule has 1 aromatic rings. The molecule has 5 nitrogen and oxygen atoms in total. The molecule has 5 heteroatoms. The number of aromatic nitrogens is 2. The summed E-state index contributed by atoms with van der Waals surface area (Å²) in [7, 11) is 0.